The fourth-order valence-electron chi connectivity index (χ4n) is 2.01. The van der Waals surface area contributed by atoms with Gasteiger partial charge in [0.05, 0.1) is 5.56 Å². The predicted molar refractivity (Wildman–Crippen MR) is 72.3 cm³/mol. The molecule has 0 radical (unpaired) electrons. The summed E-state index contributed by atoms with van der Waals surface area (Å²) in [5.74, 6) is 0.0226. The van der Waals surface area contributed by atoms with E-state index in [4.69, 9.17) is 21.1 Å². The van der Waals surface area contributed by atoms with Gasteiger partial charge in [0.25, 0.3) is 0 Å². The van der Waals surface area contributed by atoms with Crippen molar-refractivity contribution in [3.63, 3.8) is 0 Å². The Morgan fingerprint density at radius 1 is 1.05 bits per heavy atom. The highest BCUT2D eigenvalue weighted by atomic mass is 35.5. The van der Waals surface area contributed by atoms with Crippen molar-refractivity contribution in [2.24, 2.45) is 0 Å². The third-order valence-corrected chi connectivity index (χ3v) is 3.22. The van der Waals surface area contributed by atoms with E-state index >= 15 is 0 Å². The number of rotatable bonds is 2. The minimum atomic E-state index is -0.641. The van der Waals surface area contributed by atoms with Gasteiger partial charge in [-0.1, -0.05) is 11.6 Å². The highest BCUT2D eigenvalue weighted by Gasteiger charge is 2.18. The van der Waals surface area contributed by atoms with Gasteiger partial charge in [0.15, 0.2) is 17.3 Å². The molecule has 1 heterocycles. The van der Waals surface area contributed by atoms with E-state index in [1.54, 1.807) is 18.2 Å². The number of hydrogen-bond acceptors (Lipinski definition) is 3. The van der Waals surface area contributed by atoms with E-state index in [1.165, 1.54) is 12.1 Å². The molecule has 5 heteroatoms. The molecule has 3 nitrogen and oxygen atoms in total. The topological polar surface area (TPSA) is 35.5 Å². The molecular weight excluding hydrogens is 283 g/mol. The molecular formula is C15H10ClFO3. The number of hydrogen-bond donors (Lipinski definition) is 0. The Hall–Kier alpha value is -2.07. The van der Waals surface area contributed by atoms with Gasteiger partial charge in [0.1, 0.15) is 19.0 Å². The Labute approximate surface area is 119 Å². The second-order valence-electron chi connectivity index (χ2n) is 4.31. The van der Waals surface area contributed by atoms with Crippen LogP contribution in [-0.4, -0.2) is 19.0 Å². The van der Waals surface area contributed by atoms with Crippen LogP contribution in [0.1, 0.15) is 15.9 Å². The highest BCUT2D eigenvalue weighted by Crippen LogP contribution is 2.31. The van der Waals surface area contributed by atoms with Crippen molar-refractivity contribution >= 4 is 17.4 Å². The maximum atomic E-state index is 13.8. The molecule has 0 N–H and O–H groups in total. The van der Waals surface area contributed by atoms with Crippen molar-refractivity contribution in [1.29, 1.82) is 0 Å². The fraction of sp³-hybridized carbons (Fsp3) is 0.133. The third-order valence-electron chi connectivity index (χ3n) is 2.98. The third kappa shape index (κ3) is 2.34. The lowest BCUT2D eigenvalue weighted by molar-refractivity contribution is 0.103. The standard InChI is InChI=1S/C15H10ClFO3/c16-10-2-3-11(12(17)8-10)15(18)9-1-4-13-14(7-9)20-6-5-19-13/h1-4,7-8H,5-6H2. The van der Waals surface area contributed by atoms with Crippen molar-refractivity contribution in [1.82, 2.24) is 0 Å². The van der Waals surface area contributed by atoms with Crippen molar-refractivity contribution in [3.05, 3.63) is 58.4 Å². The molecule has 0 unspecified atom stereocenters. The molecule has 0 amide bonds. The minimum Gasteiger partial charge on any atom is -0.486 e. The lowest BCUT2D eigenvalue weighted by Crippen LogP contribution is -2.16. The zero-order valence-corrected chi connectivity index (χ0v) is 11.1. The minimum absolute atomic E-state index is 0.0222. The van der Waals surface area contributed by atoms with E-state index in [0.29, 0.717) is 30.3 Å². The molecule has 1 aliphatic rings. The van der Waals surface area contributed by atoms with Crippen LogP contribution >= 0.6 is 11.6 Å². The van der Waals surface area contributed by atoms with Crippen LogP contribution in [0.25, 0.3) is 0 Å². The normalized spacial score (nSPS) is 13.1. The maximum Gasteiger partial charge on any atom is 0.196 e. The Bertz CT molecular complexity index is 685. The molecule has 2 aromatic rings. The number of ether oxygens (including phenoxy) is 2. The smallest absolute Gasteiger partial charge is 0.196 e. The molecule has 1 aliphatic heterocycles. The van der Waals surface area contributed by atoms with Crippen molar-refractivity contribution in [3.8, 4) is 11.5 Å². The van der Waals surface area contributed by atoms with Gasteiger partial charge in [0, 0.05) is 10.6 Å². The largest absolute Gasteiger partial charge is 0.486 e. The van der Waals surface area contributed by atoms with E-state index in [-0.39, 0.29) is 10.6 Å². The zero-order chi connectivity index (χ0) is 14.1. The number of halogens is 2. The lowest BCUT2D eigenvalue weighted by atomic mass is 10.0. The van der Waals surface area contributed by atoms with Crippen LogP contribution in [0.2, 0.25) is 5.02 Å². The molecule has 0 fully saturated rings. The SMILES string of the molecule is O=C(c1ccc2c(c1)OCCO2)c1ccc(Cl)cc1F. The van der Waals surface area contributed by atoms with Gasteiger partial charge in [-0.15, -0.1) is 0 Å². The first-order valence-electron chi connectivity index (χ1n) is 6.04. The second kappa shape index (κ2) is 5.13. The van der Waals surface area contributed by atoms with Crippen LogP contribution in [0.15, 0.2) is 36.4 Å². The van der Waals surface area contributed by atoms with Crippen molar-refractivity contribution in [2.45, 2.75) is 0 Å². The maximum absolute atomic E-state index is 13.8. The first-order valence-corrected chi connectivity index (χ1v) is 6.42. The number of ketones is 1. The van der Waals surface area contributed by atoms with Crippen LogP contribution < -0.4 is 9.47 Å². The monoisotopic (exact) mass is 292 g/mol. The Morgan fingerprint density at radius 3 is 2.55 bits per heavy atom. The van der Waals surface area contributed by atoms with Gasteiger partial charge >= 0.3 is 0 Å². The van der Waals surface area contributed by atoms with E-state index in [9.17, 15) is 9.18 Å². The lowest BCUT2D eigenvalue weighted by Gasteiger charge is -2.18. The summed E-state index contributed by atoms with van der Waals surface area (Å²) >= 11 is 5.67. The van der Waals surface area contributed by atoms with Gasteiger partial charge in [0.2, 0.25) is 0 Å². The molecule has 20 heavy (non-hydrogen) atoms. The van der Waals surface area contributed by atoms with Gasteiger partial charge < -0.3 is 9.47 Å². The highest BCUT2D eigenvalue weighted by molar-refractivity contribution is 6.30. The predicted octanol–water partition coefficient (Wildman–Crippen LogP) is 3.48. The summed E-state index contributed by atoms with van der Waals surface area (Å²) in [6.45, 7) is 0.909. The molecule has 0 saturated carbocycles. The van der Waals surface area contributed by atoms with E-state index in [2.05, 4.69) is 0 Å². The summed E-state index contributed by atoms with van der Waals surface area (Å²) in [7, 11) is 0. The van der Waals surface area contributed by atoms with Crippen molar-refractivity contribution < 1.29 is 18.7 Å². The molecule has 102 valence electrons. The molecule has 0 aliphatic carbocycles. The number of carbonyl (C=O) groups excluding carboxylic acids is 1. The molecule has 0 aromatic heterocycles. The molecule has 0 spiro atoms. The van der Waals surface area contributed by atoms with Gasteiger partial charge in [-0.05, 0) is 36.4 Å². The summed E-state index contributed by atoms with van der Waals surface area (Å²) in [6.07, 6.45) is 0. The van der Waals surface area contributed by atoms with E-state index in [0.717, 1.165) is 6.07 Å². The summed E-state index contributed by atoms with van der Waals surface area (Å²) in [4.78, 5) is 12.3. The van der Waals surface area contributed by atoms with Crippen LogP contribution in [0, 0.1) is 5.82 Å². The number of carbonyl (C=O) groups is 1. The first-order chi connectivity index (χ1) is 9.65. The molecule has 0 atom stereocenters. The van der Waals surface area contributed by atoms with Crippen molar-refractivity contribution in [2.75, 3.05) is 13.2 Å². The molecule has 0 saturated heterocycles. The number of benzene rings is 2. The second-order valence-corrected chi connectivity index (χ2v) is 4.75. The molecule has 2 aromatic carbocycles. The summed E-state index contributed by atoms with van der Waals surface area (Å²) < 4.78 is 24.5. The Kier molecular flexibility index (Phi) is 3.32. The molecule has 3 rings (SSSR count). The van der Waals surface area contributed by atoms with E-state index in [1.807, 2.05) is 0 Å². The van der Waals surface area contributed by atoms with Crippen LogP contribution in [0.5, 0.6) is 11.5 Å². The van der Waals surface area contributed by atoms with Crippen LogP contribution in [0.3, 0.4) is 0 Å². The van der Waals surface area contributed by atoms with E-state index < -0.39 is 11.6 Å². The van der Waals surface area contributed by atoms with Gasteiger partial charge in [-0.3, -0.25) is 4.79 Å². The average molecular weight is 293 g/mol. The summed E-state index contributed by atoms with van der Waals surface area (Å²) in [6, 6.07) is 8.77. The average Bonchev–Trinajstić information content (AvgIpc) is 2.46. The summed E-state index contributed by atoms with van der Waals surface area (Å²) in [5.41, 5.74) is 0.321. The van der Waals surface area contributed by atoms with Crippen LogP contribution in [-0.2, 0) is 0 Å². The van der Waals surface area contributed by atoms with Gasteiger partial charge in [-0.25, -0.2) is 4.39 Å². The number of fused-ring (bicyclic) bond motifs is 1. The van der Waals surface area contributed by atoms with Crippen LogP contribution in [0.4, 0.5) is 4.39 Å². The Balaban J connectivity index is 1.98. The fourth-order valence-corrected chi connectivity index (χ4v) is 2.17. The quantitative estimate of drug-likeness (QED) is 0.795. The Morgan fingerprint density at radius 2 is 1.80 bits per heavy atom. The zero-order valence-electron chi connectivity index (χ0n) is 10.4. The molecule has 0 bridgehead atoms. The summed E-state index contributed by atoms with van der Waals surface area (Å²) in [5, 5.41) is 0.251. The first kappa shape index (κ1) is 12.9. The van der Waals surface area contributed by atoms with Gasteiger partial charge in [-0.2, -0.15) is 0 Å².